The summed E-state index contributed by atoms with van der Waals surface area (Å²) >= 11 is 0. The summed E-state index contributed by atoms with van der Waals surface area (Å²) in [7, 11) is 2.29. The van der Waals surface area contributed by atoms with Gasteiger partial charge in [-0.3, -0.25) is 4.98 Å². The fraction of sp³-hybridized carbons (Fsp3) is 0.357. The van der Waals surface area contributed by atoms with E-state index in [0.29, 0.717) is 5.82 Å². The Morgan fingerprint density at radius 3 is 2.75 bits per heavy atom. The maximum Gasteiger partial charge on any atom is 0.112 e. The van der Waals surface area contributed by atoms with Crippen LogP contribution in [0.3, 0.4) is 0 Å². The third-order valence-electron chi connectivity index (χ3n) is 3.85. The number of nitrogens with zero attached hydrogens (tertiary/aromatic N) is 1. The highest BCUT2D eigenvalue weighted by atomic mass is 14.6. The summed E-state index contributed by atoms with van der Waals surface area (Å²) in [5, 5.41) is 0. The van der Waals surface area contributed by atoms with Gasteiger partial charge in [-0.05, 0) is 31.3 Å². The molecule has 82 valence electrons. The van der Waals surface area contributed by atoms with Crippen molar-refractivity contribution in [3.63, 3.8) is 0 Å². The lowest BCUT2D eigenvalue weighted by Crippen LogP contribution is -2.29. The largest absolute Gasteiger partial charge is 0.264 e. The maximum atomic E-state index is 4.24. The van der Waals surface area contributed by atoms with Gasteiger partial charge in [-0.2, -0.15) is 0 Å². The van der Waals surface area contributed by atoms with Crippen LogP contribution >= 0.6 is 0 Å². The lowest BCUT2D eigenvalue weighted by molar-refractivity contribution is 0.573. The summed E-state index contributed by atoms with van der Waals surface area (Å²) in [4.78, 5) is 4.24. The van der Waals surface area contributed by atoms with Crippen LogP contribution in [-0.4, -0.2) is 12.8 Å². The minimum atomic E-state index is 0.0805. The topological polar surface area (TPSA) is 12.9 Å². The molecule has 2 atom stereocenters. The van der Waals surface area contributed by atoms with E-state index < -0.39 is 0 Å². The fourth-order valence-electron chi connectivity index (χ4n) is 2.61. The lowest BCUT2D eigenvalue weighted by atomic mass is 9.58. The second-order valence-corrected chi connectivity index (χ2v) is 5.02. The van der Waals surface area contributed by atoms with Crippen molar-refractivity contribution >= 4 is 7.85 Å². The highest BCUT2D eigenvalue weighted by Crippen LogP contribution is 2.43. The highest BCUT2D eigenvalue weighted by molar-refractivity contribution is 6.15. The molecule has 0 saturated carbocycles. The molecule has 1 heterocycles. The van der Waals surface area contributed by atoms with Crippen molar-refractivity contribution in [2.24, 2.45) is 0 Å². The predicted octanol–water partition coefficient (Wildman–Crippen LogP) is 2.67. The van der Waals surface area contributed by atoms with Crippen molar-refractivity contribution in [3.8, 4) is 0 Å². The molecule has 0 aliphatic heterocycles. The summed E-state index contributed by atoms with van der Waals surface area (Å²) < 4.78 is 0. The number of pyridine rings is 1. The highest BCUT2D eigenvalue weighted by Gasteiger charge is 2.33. The van der Waals surface area contributed by atoms with E-state index in [9.17, 15) is 0 Å². The molecule has 1 aromatic heterocycles. The summed E-state index contributed by atoms with van der Waals surface area (Å²) in [5.74, 6) is 0.528. The van der Waals surface area contributed by atoms with Gasteiger partial charge in [-0.1, -0.05) is 36.3 Å². The Labute approximate surface area is 98.7 Å². The van der Waals surface area contributed by atoms with E-state index >= 15 is 0 Å². The zero-order valence-electron chi connectivity index (χ0n) is 10.5. The van der Waals surface area contributed by atoms with Gasteiger partial charge in [-0.15, -0.1) is 0 Å². The third kappa shape index (κ3) is 1.73. The van der Waals surface area contributed by atoms with E-state index in [1.165, 1.54) is 16.7 Å². The van der Waals surface area contributed by atoms with Crippen LogP contribution in [0.15, 0.2) is 47.8 Å². The first-order valence-electron chi connectivity index (χ1n) is 5.82. The van der Waals surface area contributed by atoms with E-state index in [1.807, 2.05) is 18.5 Å². The molecule has 0 bridgehead atoms. The van der Waals surface area contributed by atoms with Gasteiger partial charge in [0.05, 0.1) is 0 Å². The second kappa shape index (κ2) is 3.93. The average molecular weight is 211 g/mol. The molecule has 1 aliphatic rings. The lowest BCUT2D eigenvalue weighted by Gasteiger charge is -2.37. The summed E-state index contributed by atoms with van der Waals surface area (Å²) in [6.45, 7) is 6.69. The Morgan fingerprint density at radius 1 is 1.38 bits per heavy atom. The van der Waals surface area contributed by atoms with Gasteiger partial charge < -0.3 is 0 Å². The minimum Gasteiger partial charge on any atom is -0.264 e. The molecular weight excluding hydrogens is 193 g/mol. The van der Waals surface area contributed by atoms with Crippen LogP contribution in [0.1, 0.15) is 26.3 Å². The molecular formula is C14H18BN. The van der Waals surface area contributed by atoms with Gasteiger partial charge in [0.2, 0.25) is 0 Å². The standard InChI is InChI=1S/C14H18BN/c1-10-7-11(2)13(15)14(3,8-10)12-5-4-6-16-9-12/h4-9,13H,15H2,1-3H3. The normalized spacial score (nSPS) is 29.6. The van der Waals surface area contributed by atoms with Crippen LogP contribution < -0.4 is 0 Å². The number of hydrogen-bond acceptors (Lipinski definition) is 1. The Hall–Kier alpha value is -1.31. The molecule has 0 fully saturated rings. The Morgan fingerprint density at radius 2 is 2.12 bits per heavy atom. The number of rotatable bonds is 1. The zero-order chi connectivity index (χ0) is 11.8. The molecule has 0 radical (unpaired) electrons. The van der Waals surface area contributed by atoms with Gasteiger partial charge in [0.1, 0.15) is 7.85 Å². The van der Waals surface area contributed by atoms with Gasteiger partial charge >= 0.3 is 0 Å². The van der Waals surface area contributed by atoms with Crippen LogP contribution in [-0.2, 0) is 5.41 Å². The molecule has 0 spiro atoms. The molecule has 0 N–H and O–H groups in total. The van der Waals surface area contributed by atoms with Crippen molar-refractivity contribution in [3.05, 3.63) is 53.4 Å². The van der Waals surface area contributed by atoms with Crippen LogP contribution in [0.25, 0.3) is 0 Å². The molecule has 0 saturated heterocycles. The van der Waals surface area contributed by atoms with Crippen LogP contribution in [0.4, 0.5) is 0 Å². The molecule has 0 amide bonds. The van der Waals surface area contributed by atoms with Crippen molar-refractivity contribution in [2.45, 2.75) is 32.0 Å². The monoisotopic (exact) mass is 211 g/mol. The van der Waals surface area contributed by atoms with Gasteiger partial charge in [0.25, 0.3) is 0 Å². The minimum absolute atomic E-state index is 0.0805. The first-order valence-corrected chi connectivity index (χ1v) is 5.82. The first kappa shape index (κ1) is 11.2. The quantitative estimate of drug-likeness (QED) is 0.650. The van der Waals surface area contributed by atoms with Crippen LogP contribution in [0.5, 0.6) is 0 Å². The van der Waals surface area contributed by atoms with Crippen LogP contribution in [0, 0.1) is 0 Å². The molecule has 2 unspecified atom stereocenters. The number of allylic oxidation sites excluding steroid dienone is 4. The fourth-order valence-corrected chi connectivity index (χ4v) is 2.61. The van der Waals surface area contributed by atoms with Crippen molar-refractivity contribution < 1.29 is 0 Å². The van der Waals surface area contributed by atoms with Gasteiger partial charge in [0.15, 0.2) is 0 Å². The SMILES string of the molecule is BC1C(C)=CC(C)=CC1(C)c1cccnc1. The Kier molecular flexibility index (Phi) is 2.75. The van der Waals surface area contributed by atoms with E-state index in [0.717, 1.165) is 0 Å². The number of hydrogen-bond donors (Lipinski definition) is 0. The van der Waals surface area contributed by atoms with E-state index in [1.54, 1.807) is 0 Å². The molecule has 1 aromatic rings. The molecule has 2 heteroatoms. The molecule has 2 rings (SSSR count). The van der Waals surface area contributed by atoms with Crippen LogP contribution in [0.2, 0.25) is 5.82 Å². The first-order chi connectivity index (χ1) is 7.54. The van der Waals surface area contributed by atoms with Gasteiger partial charge in [0, 0.05) is 17.8 Å². The van der Waals surface area contributed by atoms with Crippen molar-refractivity contribution in [1.29, 1.82) is 0 Å². The van der Waals surface area contributed by atoms with Gasteiger partial charge in [-0.25, -0.2) is 0 Å². The summed E-state index contributed by atoms with van der Waals surface area (Å²) in [5.41, 5.74) is 4.18. The molecule has 1 nitrogen and oxygen atoms in total. The maximum absolute atomic E-state index is 4.24. The van der Waals surface area contributed by atoms with Crippen molar-refractivity contribution in [2.75, 3.05) is 0 Å². The average Bonchev–Trinajstić information content (AvgIpc) is 2.27. The van der Waals surface area contributed by atoms with Crippen molar-refractivity contribution in [1.82, 2.24) is 4.98 Å². The zero-order valence-corrected chi connectivity index (χ0v) is 10.5. The molecule has 0 aromatic carbocycles. The number of aromatic nitrogens is 1. The van der Waals surface area contributed by atoms with E-state index in [-0.39, 0.29) is 5.41 Å². The summed E-state index contributed by atoms with van der Waals surface area (Å²) in [6.07, 6.45) is 8.46. The summed E-state index contributed by atoms with van der Waals surface area (Å²) in [6, 6.07) is 4.19. The smallest absolute Gasteiger partial charge is 0.112 e. The third-order valence-corrected chi connectivity index (χ3v) is 3.85. The van der Waals surface area contributed by atoms with E-state index in [2.05, 4.69) is 51.8 Å². The Bertz CT molecular complexity index is 447. The molecule has 1 aliphatic carbocycles. The predicted molar refractivity (Wildman–Crippen MR) is 71.4 cm³/mol. The molecule has 16 heavy (non-hydrogen) atoms. The second-order valence-electron chi connectivity index (χ2n) is 5.02. The van der Waals surface area contributed by atoms with E-state index in [4.69, 9.17) is 0 Å². The Balaban J connectivity index is 2.51.